The normalized spacial score (nSPS) is 18.1. The van der Waals surface area contributed by atoms with E-state index in [1.54, 1.807) is 42.5 Å². The fourth-order valence-corrected chi connectivity index (χ4v) is 4.59. The molecule has 1 heterocycles. The zero-order valence-corrected chi connectivity index (χ0v) is 20.9. The lowest BCUT2D eigenvalue weighted by Crippen LogP contribution is -2.29. The van der Waals surface area contributed by atoms with E-state index in [1.165, 1.54) is 6.07 Å². The van der Waals surface area contributed by atoms with Crippen molar-refractivity contribution in [2.75, 3.05) is 13.2 Å². The van der Waals surface area contributed by atoms with Crippen molar-refractivity contribution in [3.05, 3.63) is 95.3 Å². The molecule has 1 aliphatic heterocycles. The number of ether oxygens (including phenoxy) is 2. The van der Waals surface area contributed by atoms with Crippen LogP contribution in [0.1, 0.15) is 56.6 Å². The van der Waals surface area contributed by atoms with Crippen LogP contribution < -0.4 is 0 Å². The van der Waals surface area contributed by atoms with Gasteiger partial charge in [0.1, 0.15) is 5.82 Å². The maximum Gasteiger partial charge on any atom is 0.176 e. The minimum absolute atomic E-state index is 0.171. The lowest BCUT2D eigenvalue weighted by Gasteiger charge is -2.28. The number of rotatable bonds is 9. The van der Waals surface area contributed by atoms with Gasteiger partial charge in [-0.25, -0.2) is 13.2 Å². The van der Waals surface area contributed by atoms with Gasteiger partial charge in [0, 0.05) is 11.5 Å². The third-order valence-electron chi connectivity index (χ3n) is 6.70. The molecule has 0 N–H and O–H groups in total. The number of allylic oxidation sites excluding steroid dienone is 1. The van der Waals surface area contributed by atoms with E-state index in [-0.39, 0.29) is 23.6 Å². The molecule has 0 saturated carbocycles. The third kappa shape index (κ3) is 6.08. The fraction of sp³-hybridized carbons (Fsp3) is 0.355. The van der Waals surface area contributed by atoms with Crippen LogP contribution in [0.2, 0.25) is 0 Å². The molecule has 0 unspecified atom stereocenters. The summed E-state index contributed by atoms with van der Waals surface area (Å²) in [6, 6.07) is 15.5. The molecular formula is C31H33F3O2. The predicted molar refractivity (Wildman–Crippen MR) is 138 cm³/mol. The van der Waals surface area contributed by atoms with E-state index < -0.39 is 11.6 Å². The summed E-state index contributed by atoms with van der Waals surface area (Å²) in [6.07, 6.45) is 7.91. The molecule has 2 nitrogen and oxygen atoms in total. The minimum atomic E-state index is -0.820. The van der Waals surface area contributed by atoms with Gasteiger partial charge in [-0.15, -0.1) is 0 Å². The molecule has 3 aromatic rings. The van der Waals surface area contributed by atoms with E-state index in [4.69, 9.17) is 9.47 Å². The highest BCUT2D eigenvalue weighted by atomic mass is 19.2. The van der Waals surface area contributed by atoms with E-state index in [1.807, 2.05) is 25.1 Å². The zero-order valence-electron chi connectivity index (χ0n) is 20.9. The molecule has 0 amide bonds. The van der Waals surface area contributed by atoms with Gasteiger partial charge in [0.05, 0.1) is 13.2 Å². The number of halogens is 3. The van der Waals surface area contributed by atoms with Crippen molar-refractivity contribution in [3.63, 3.8) is 0 Å². The van der Waals surface area contributed by atoms with Crippen molar-refractivity contribution < 1.29 is 22.6 Å². The van der Waals surface area contributed by atoms with Gasteiger partial charge in [-0.3, -0.25) is 0 Å². The van der Waals surface area contributed by atoms with E-state index in [0.717, 1.165) is 31.2 Å². The van der Waals surface area contributed by atoms with Crippen molar-refractivity contribution in [1.29, 1.82) is 0 Å². The van der Waals surface area contributed by atoms with Crippen LogP contribution in [0.15, 0.2) is 66.7 Å². The zero-order chi connectivity index (χ0) is 25.5. The smallest absolute Gasteiger partial charge is 0.176 e. The Labute approximate surface area is 211 Å². The van der Waals surface area contributed by atoms with Crippen molar-refractivity contribution in [2.24, 2.45) is 0 Å². The molecule has 1 saturated heterocycles. The first-order valence-corrected chi connectivity index (χ1v) is 12.7. The fourth-order valence-electron chi connectivity index (χ4n) is 4.59. The highest BCUT2D eigenvalue weighted by Crippen LogP contribution is 2.32. The molecule has 0 atom stereocenters. The molecule has 0 radical (unpaired) electrons. The first kappa shape index (κ1) is 26.2. The van der Waals surface area contributed by atoms with Gasteiger partial charge in [-0.05, 0) is 59.7 Å². The van der Waals surface area contributed by atoms with Crippen LogP contribution in [0.4, 0.5) is 13.2 Å². The molecule has 0 bridgehead atoms. The summed E-state index contributed by atoms with van der Waals surface area (Å²) in [5.41, 5.74) is 3.29. The predicted octanol–water partition coefficient (Wildman–Crippen LogP) is 8.59. The van der Waals surface area contributed by atoms with E-state index in [0.29, 0.717) is 41.9 Å². The molecule has 36 heavy (non-hydrogen) atoms. The number of hydrogen-bond donors (Lipinski definition) is 0. The van der Waals surface area contributed by atoms with Gasteiger partial charge >= 0.3 is 0 Å². The summed E-state index contributed by atoms with van der Waals surface area (Å²) in [4.78, 5) is 0. The topological polar surface area (TPSA) is 18.5 Å². The maximum absolute atomic E-state index is 15.0. The van der Waals surface area contributed by atoms with E-state index >= 15 is 0 Å². The molecule has 0 spiro atoms. The SMILES string of the molecule is C/C=C/C1OCC(c2ccc(-c3ccc(-c4ccc(CCCCCC)c(F)c4F)cc3)cc2F)CO1. The Morgan fingerprint density at radius 3 is 2.17 bits per heavy atom. The summed E-state index contributed by atoms with van der Waals surface area (Å²) in [7, 11) is 0. The Bertz CT molecular complexity index is 1180. The average Bonchev–Trinajstić information content (AvgIpc) is 2.90. The van der Waals surface area contributed by atoms with Crippen LogP contribution in [0.3, 0.4) is 0 Å². The van der Waals surface area contributed by atoms with E-state index in [2.05, 4.69) is 6.92 Å². The van der Waals surface area contributed by atoms with Gasteiger partial charge in [0.25, 0.3) is 0 Å². The highest BCUT2D eigenvalue weighted by Gasteiger charge is 2.24. The largest absolute Gasteiger partial charge is 0.348 e. The average molecular weight is 495 g/mol. The Morgan fingerprint density at radius 1 is 0.806 bits per heavy atom. The minimum Gasteiger partial charge on any atom is -0.348 e. The summed E-state index contributed by atoms with van der Waals surface area (Å²) in [5, 5.41) is 0. The van der Waals surface area contributed by atoms with Gasteiger partial charge in [0.2, 0.25) is 0 Å². The van der Waals surface area contributed by atoms with Crippen LogP contribution in [-0.2, 0) is 15.9 Å². The molecule has 1 fully saturated rings. The number of benzene rings is 3. The Balaban J connectivity index is 1.46. The summed E-state index contributed by atoms with van der Waals surface area (Å²) < 4.78 is 55.7. The van der Waals surface area contributed by atoms with E-state index in [9.17, 15) is 13.2 Å². The lowest BCUT2D eigenvalue weighted by molar-refractivity contribution is -0.159. The second-order valence-corrected chi connectivity index (χ2v) is 9.28. The summed E-state index contributed by atoms with van der Waals surface area (Å²) in [5.74, 6) is -2.07. The van der Waals surface area contributed by atoms with Crippen LogP contribution in [0.5, 0.6) is 0 Å². The Kier molecular flexibility index (Phi) is 9.00. The second-order valence-electron chi connectivity index (χ2n) is 9.28. The third-order valence-corrected chi connectivity index (χ3v) is 6.70. The number of unbranched alkanes of at least 4 members (excludes halogenated alkanes) is 3. The summed E-state index contributed by atoms with van der Waals surface area (Å²) in [6.45, 7) is 4.79. The molecular weight excluding hydrogens is 461 g/mol. The van der Waals surface area contributed by atoms with Crippen LogP contribution in [0.25, 0.3) is 22.3 Å². The van der Waals surface area contributed by atoms with Crippen molar-refractivity contribution in [2.45, 2.75) is 58.2 Å². The molecule has 0 aromatic heterocycles. The van der Waals surface area contributed by atoms with Crippen LogP contribution >= 0.6 is 0 Å². The molecule has 0 aliphatic carbocycles. The molecule has 3 aromatic carbocycles. The molecule has 1 aliphatic rings. The Hall–Kier alpha value is -2.89. The van der Waals surface area contributed by atoms with Gasteiger partial charge in [-0.1, -0.05) is 80.8 Å². The lowest BCUT2D eigenvalue weighted by atomic mass is 9.94. The van der Waals surface area contributed by atoms with Crippen LogP contribution in [0, 0.1) is 17.5 Å². The number of aryl methyl sites for hydroxylation is 1. The van der Waals surface area contributed by atoms with Gasteiger partial charge in [-0.2, -0.15) is 0 Å². The van der Waals surface area contributed by atoms with Crippen molar-refractivity contribution in [1.82, 2.24) is 0 Å². The molecule has 190 valence electrons. The first-order valence-electron chi connectivity index (χ1n) is 12.7. The first-order chi connectivity index (χ1) is 17.5. The van der Waals surface area contributed by atoms with Gasteiger partial charge in [0.15, 0.2) is 17.9 Å². The quantitative estimate of drug-likeness (QED) is 0.219. The standard InChI is InChI=1S/C31H33F3O2/c1-3-5-6-7-9-23-14-17-27(31(34)30(23)33)22-12-10-21(11-13-22)24-15-16-26(28(32)18-24)25-19-35-29(8-4-2)36-20-25/h4,8,10-18,25,29H,3,5-7,9,19-20H2,1-2H3/b8-4+. The van der Waals surface area contributed by atoms with Gasteiger partial charge < -0.3 is 9.47 Å². The van der Waals surface area contributed by atoms with Crippen molar-refractivity contribution in [3.8, 4) is 22.3 Å². The monoisotopic (exact) mass is 494 g/mol. The Morgan fingerprint density at radius 2 is 1.50 bits per heavy atom. The molecule has 5 heteroatoms. The van der Waals surface area contributed by atoms with Crippen LogP contribution in [-0.4, -0.2) is 19.5 Å². The second kappa shape index (κ2) is 12.4. The molecule has 4 rings (SSSR count). The number of hydrogen-bond acceptors (Lipinski definition) is 2. The highest BCUT2D eigenvalue weighted by molar-refractivity contribution is 5.71. The maximum atomic E-state index is 15.0. The summed E-state index contributed by atoms with van der Waals surface area (Å²) >= 11 is 0. The van der Waals surface area contributed by atoms with Crippen molar-refractivity contribution >= 4 is 0 Å².